The van der Waals surface area contributed by atoms with Crippen molar-refractivity contribution >= 4 is 5.96 Å². The van der Waals surface area contributed by atoms with Crippen molar-refractivity contribution in [1.82, 2.24) is 5.32 Å². The lowest BCUT2D eigenvalue weighted by molar-refractivity contribution is -0.153. The highest BCUT2D eigenvalue weighted by Gasteiger charge is 2.28. The number of nitrogens with one attached hydrogen (secondary N) is 1. The molecule has 0 radical (unpaired) electrons. The number of halogens is 3. The van der Waals surface area contributed by atoms with Gasteiger partial charge in [0, 0.05) is 11.1 Å². The number of para-hydroxylation sites is 1. The Labute approximate surface area is 122 Å². The number of aliphatic imine (C=N–C) groups is 1. The van der Waals surface area contributed by atoms with E-state index in [9.17, 15) is 13.2 Å². The molecular formula is C14H20F3N3O. The van der Waals surface area contributed by atoms with E-state index in [1.807, 2.05) is 20.8 Å². The molecule has 0 aliphatic carbocycles. The highest BCUT2D eigenvalue weighted by atomic mass is 19.4. The fourth-order valence-electron chi connectivity index (χ4n) is 1.53. The molecule has 4 nitrogen and oxygen atoms in total. The first-order chi connectivity index (χ1) is 9.57. The largest absolute Gasteiger partial charge is 0.484 e. The smallest absolute Gasteiger partial charge is 0.422 e. The van der Waals surface area contributed by atoms with Crippen LogP contribution in [0, 0.1) is 0 Å². The standard InChI is InChI=1S/C14H20F3N3O/c1-13(2,3)20-12(18)19-8-10-6-4-5-7-11(10)21-9-14(15,16)17/h4-7H,8-9H2,1-3H3,(H3,18,19,20). The summed E-state index contributed by atoms with van der Waals surface area (Å²) in [7, 11) is 0. The van der Waals surface area contributed by atoms with Crippen molar-refractivity contribution in [2.45, 2.75) is 39.0 Å². The molecule has 0 aromatic heterocycles. The molecule has 0 amide bonds. The molecule has 0 aliphatic rings. The summed E-state index contributed by atoms with van der Waals surface area (Å²) in [6, 6.07) is 6.44. The quantitative estimate of drug-likeness (QED) is 0.664. The SMILES string of the molecule is CC(C)(C)NC(N)=NCc1ccccc1OCC(F)(F)F. The van der Waals surface area contributed by atoms with Crippen LogP contribution < -0.4 is 15.8 Å². The fourth-order valence-corrected chi connectivity index (χ4v) is 1.53. The van der Waals surface area contributed by atoms with Crippen molar-refractivity contribution in [2.75, 3.05) is 6.61 Å². The Morgan fingerprint density at radius 1 is 1.24 bits per heavy atom. The predicted octanol–water partition coefficient (Wildman–Crippen LogP) is 2.83. The van der Waals surface area contributed by atoms with E-state index >= 15 is 0 Å². The lowest BCUT2D eigenvalue weighted by atomic mass is 10.1. The molecule has 7 heteroatoms. The van der Waals surface area contributed by atoms with Crippen LogP contribution in [0.1, 0.15) is 26.3 Å². The van der Waals surface area contributed by atoms with Gasteiger partial charge in [0.25, 0.3) is 0 Å². The van der Waals surface area contributed by atoms with Crippen LogP contribution in [0.3, 0.4) is 0 Å². The molecule has 1 aromatic rings. The third kappa shape index (κ3) is 7.43. The van der Waals surface area contributed by atoms with E-state index in [1.165, 1.54) is 6.07 Å². The van der Waals surface area contributed by atoms with Crippen LogP contribution in [0.4, 0.5) is 13.2 Å². The second kappa shape index (κ2) is 6.69. The molecule has 1 rings (SSSR count). The van der Waals surface area contributed by atoms with Crippen LogP contribution in [0.5, 0.6) is 5.75 Å². The van der Waals surface area contributed by atoms with Gasteiger partial charge in [-0.05, 0) is 26.8 Å². The van der Waals surface area contributed by atoms with Crippen molar-refractivity contribution < 1.29 is 17.9 Å². The van der Waals surface area contributed by atoms with Gasteiger partial charge in [0.2, 0.25) is 0 Å². The molecule has 0 bridgehead atoms. The van der Waals surface area contributed by atoms with Gasteiger partial charge in [-0.3, -0.25) is 0 Å². The van der Waals surface area contributed by atoms with E-state index in [2.05, 4.69) is 10.3 Å². The number of hydrogen-bond acceptors (Lipinski definition) is 2. The van der Waals surface area contributed by atoms with Crippen LogP contribution in [0.15, 0.2) is 29.3 Å². The lowest BCUT2D eigenvalue weighted by Gasteiger charge is -2.21. The Morgan fingerprint density at radius 3 is 2.43 bits per heavy atom. The molecule has 1 aromatic carbocycles. The van der Waals surface area contributed by atoms with Crippen LogP contribution >= 0.6 is 0 Å². The van der Waals surface area contributed by atoms with Crippen molar-refractivity contribution in [1.29, 1.82) is 0 Å². The Balaban J connectivity index is 2.73. The van der Waals surface area contributed by atoms with Gasteiger partial charge >= 0.3 is 6.18 Å². The van der Waals surface area contributed by atoms with E-state index in [-0.39, 0.29) is 23.8 Å². The average molecular weight is 303 g/mol. The summed E-state index contributed by atoms with van der Waals surface area (Å²) in [4.78, 5) is 4.11. The van der Waals surface area contributed by atoms with E-state index in [0.717, 1.165) is 0 Å². The molecule has 3 N–H and O–H groups in total. The third-order valence-corrected chi connectivity index (χ3v) is 2.29. The van der Waals surface area contributed by atoms with Gasteiger partial charge in [-0.25, -0.2) is 4.99 Å². The van der Waals surface area contributed by atoms with Crippen LogP contribution in [0.25, 0.3) is 0 Å². The molecule has 118 valence electrons. The number of alkyl halides is 3. The maximum absolute atomic E-state index is 12.2. The molecule has 0 aliphatic heterocycles. The van der Waals surface area contributed by atoms with E-state index < -0.39 is 12.8 Å². The Bertz CT molecular complexity index is 493. The minimum Gasteiger partial charge on any atom is -0.484 e. The molecule has 0 fully saturated rings. The molecule has 0 saturated heterocycles. The number of hydrogen-bond donors (Lipinski definition) is 2. The molecule has 0 atom stereocenters. The maximum Gasteiger partial charge on any atom is 0.422 e. The first-order valence-electron chi connectivity index (χ1n) is 6.42. The second-order valence-corrected chi connectivity index (χ2v) is 5.59. The summed E-state index contributed by atoms with van der Waals surface area (Å²) in [5.74, 6) is 0.384. The molecule has 0 spiro atoms. The summed E-state index contributed by atoms with van der Waals surface area (Å²) >= 11 is 0. The minimum absolute atomic E-state index is 0.142. The Morgan fingerprint density at radius 2 is 1.86 bits per heavy atom. The molecular weight excluding hydrogens is 283 g/mol. The maximum atomic E-state index is 12.2. The van der Waals surface area contributed by atoms with E-state index in [0.29, 0.717) is 5.56 Å². The highest BCUT2D eigenvalue weighted by molar-refractivity contribution is 5.78. The number of nitrogens with two attached hydrogens (primary N) is 1. The zero-order valence-electron chi connectivity index (χ0n) is 12.3. The number of ether oxygens (including phenoxy) is 1. The number of benzene rings is 1. The van der Waals surface area contributed by atoms with Crippen molar-refractivity contribution in [3.63, 3.8) is 0 Å². The van der Waals surface area contributed by atoms with E-state index in [1.54, 1.807) is 18.2 Å². The molecule has 21 heavy (non-hydrogen) atoms. The normalized spacial score (nSPS) is 13.1. The number of rotatable bonds is 4. The minimum atomic E-state index is -4.37. The van der Waals surface area contributed by atoms with Gasteiger partial charge in [0.15, 0.2) is 12.6 Å². The third-order valence-electron chi connectivity index (χ3n) is 2.29. The van der Waals surface area contributed by atoms with Crippen LogP contribution in [0.2, 0.25) is 0 Å². The second-order valence-electron chi connectivity index (χ2n) is 5.59. The predicted molar refractivity (Wildman–Crippen MR) is 76.2 cm³/mol. The molecule has 0 saturated carbocycles. The Kier molecular flexibility index (Phi) is 5.46. The van der Waals surface area contributed by atoms with Gasteiger partial charge in [0.1, 0.15) is 5.75 Å². The Hall–Kier alpha value is -1.92. The molecule has 0 unspecified atom stereocenters. The van der Waals surface area contributed by atoms with Gasteiger partial charge in [-0.15, -0.1) is 0 Å². The van der Waals surface area contributed by atoms with Gasteiger partial charge in [0.05, 0.1) is 6.54 Å². The zero-order chi connectivity index (χ0) is 16.1. The zero-order valence-corrected chi connectivity index (χ0v) is 12.3. The lowest BCUT2D eigenvalue weighted by Crippen LogP contribution is -2.44. The number of nitrogens with zero attached hydrogens (tertiary/aromatic N) is 1. The van der Waals surface area contributed by atoms with Crippen molar-refractivity contribution in [2.24, 2.45) is 10.7 Å². The van der Waals surface area contributed by atoms with E-state index in [4.69, 9.17) is 10.5 Å². The summed E-state index contributed by atoms with van der Waals surface area (Å²) in [5, 5.41) is 2.97. The summed E-state index contributed by atoms with van der Waals surface area (Å²) < 4.78 is 41.4. The van der Waals surface area contributed by atoms with Crippen LogP contribution in [-0.4, -0.2) is 24.3 Å². The molecule has 0 heterocycles. The number of guanidine groups is 1. The van der Waals surface area contributed by atoms with Gasteiger partial charge < -0.3 is 15.8 Å². The monoisotopic (exact) mass is 303 g/mol. The highest BCUT2D eigenvalue weighted by Crippen LogP contribution is 2.22. The fraction of sp³-hybridized carbons (Fsp3) is 0.500. The van der Waals surface area contributed by atoms with Gasteiger partial charge in [-0.2, -0.15) is 13.2 Å². The summed E-state index contributed by atoms with van der Waals surface area (Å²) in [5.41, 5.74) is 6.02. The van der Waals surface area contributed by atoms with Crippen molar-refractivity contribution in [3.05, 3.63) is 29.8 Å². The van der Waals surface area contributed by atoms with Gasteiger partial charge in [-0.1, -0.05) is 18.2 Å². The first-order valence-corrected chi connectivity index (χ1v) is 6.42. The first kappa shape index (κ1) is 17.1. The summed E-state index contributed by atoms with van der Waals surface area (Å²) in [6.07, 6.45) is -4.37. The summed E-state index contributed by atoms with van der Waals surface area (Å²) in [6.45, 7) is 4.59. The van der Waals surface area contributed by atoms with Crippen molar-refractivity contribution in [3.8, 4) is 5.75 Å². The topological polar surface area (TPSA) is 59.6 Å². The van der Waals surface area contributed by atoms with Crippen LogP contribution in [-0.2, 0) is 6.54 Å². The average Bonchev–Trinajstić information content (AvgIpc) is 2.32.